The molecule has 36 heavy (non-hydrogen) atoms. The molecule has 4 aromatic rings. The van der Waals surface area contributed by atoms with E-state index in [0.29, 0.717) is 35.1 Å². The molecule has 0 bridgehead atoms. The van der Waals surface area contributed by atoms with Crippen LogP contribution in [0.2, 0.25) is 0 Å². The molecule has 0 radical (unpaired) electrons. The molecule has 9 nitrogen and oxygen atoms in total. The Balaban J connectivity index is 1.56. The molecule has 5 rings (SSSR count). The van der Waals surface area contributed by atoms with E-state index in [1.165, 1.54) is 10.4 Å². The number of anilines is 5. The lowest BCUT2D eigenvalue weighted by Crippen LogP contribution is -2.30. The fourth-order valence-electron chi connectivity index (χ4n) is 4.34. The smallest absolute Gasteiger partial charge is 0.231 e. The number of carbonyl (C=O) groups excluding carboxylic acids is 1. The molecule has 4 heterocycles. The lowest BCUT2D eigenvalue weighted by molar-refractivity contribution is -0.115. The number of hydrogen-bond donors (Lipinski definition) is 2. The Hall–Kier alpha value is -3.92. The van der Waals surface area contributed by atoms with Gasteiger partial charge in [-0.1, -0.05) is 6.92 Å². The average Bonchev–Trinajstić information content (AvgIpc) is 3.36. The normalized spacial score (nSPS) is 12.8. The monoisotopic (exact) mass is 503 g/mol. The van der Waals surface area contributed by atoms with Gasteiger partial charge in [0.25, 0.3) is 0 Å². The van der Waals surface area contributed by atoms with Crippen molar-refractivity contribution in [2.24, 2.45) is 0 Å². The molecule has 0 fully saturated rings. The number of methoxy groups -OCH3 is 1. The Bertz CT molecular complexity index is 1420. The van der Waals surface area contributed by atoms with Crippen molar-refractivity contribution in [2.75, 3.05) is 48.2 Å². The van der Waals surface area contributed by atoms with Crippen LogP contribution in [0, 0.1) is 0 Å². The number of ether oxygens (including phenoxy) is 1. The summed E-state index contributed by atoms with van der Waals surface area (Å²) in [6.07, 6.45) is 3.11. The summed E-state index contributed by atoms with van der Waals surface area (Å²) in [4.78, 5) is 32.0. The van der Waals surface area contributed by atoms with Crippen LogP contribution in [-0.2, 0) is 17.8 Å². The number of nitrogens with one attached hydrogen (secondary N) is 2. The maximum atomic E-state index is 12.2. The number of fused-ring (bicyclic) bond motifs is 2. The van der Waals surface area contributed by atoms with Crippen LogP contribution in [0.5, 0.6) is 5.75 Å². The number of amides is 1. The molecule has 1 aliphatic heterocycles. The van der Waals surface area contributed by atoms with Crippen LogP contribution in [0.1, 0.15) is 23.8 Å². The third-order valence-electron chi connectivity index (χ3n) is 6.20. The van der Waals surface area contributed by atoms with Crippen LogP contribution in [0.15, 0.2) is 41.9 Å². The molecule has 1 aromatic carbocycles. The molecule has 1 amide bonds. The van der Waals surface area contributed by atoms with Crippen molar-refractivity contribution >= 4 is 57.1 Å². The van der Waals surface area contributed by atoms with Crippen molar-refractivity contribution in [3.8, 4) is 5.75 Å². The van der Waals surface area contributed by atoms with E-state index in [-0.39, 0.29) is 5.91 Å². The second kappa shape index (κ2) is 9.98. The van der Waals surface area contributed by atoms with Crippen molar-refractivity contribution < 1.29 is 9.53 Å². The van der Waals surface area contributed by atoms with Crippen LogP contribution < -0.4 is 25.2 Å². The van der Waals surface area contributed by atoms with E-state index in [0.717, 1.165) is 36.4 Å². The molecule has 3 aromatic heterocycles. The Kier molecular flexibility index (Phi) is 6.60. The summed E-state index contributed by atoms with van der Waals surface area (Å²) in [5.41, 5.74) is 4.11. The van der Waals surface area contributed by atoms with E-state index >= 15 is 0 Å². The first-order valence-electron chi connectivity index (χ1n) is 11.9. The predicted molar refractivity (Wildman–Crippen MR) is 146 cm³/mol. The van der Waals surface area contributed by atoms with Crippen LogP contribution in [0.25, 0.3) is 11.0 Å². The maximum absolute atomic E-state index is 12.2. The SMILES string of the molecule is CCC(=O)Nc1cc(Nc2nc(N3CCc4sccc4C3)c3cccnc3n2)c(OC)cc1N(C)C. The van der Waals surface area contributed by atoms with Gasteiger partial charge in [-0.3, -0.25) is 4.79 Å². The lowest BCUT2D eigenvalue weighted by Gasteiger charge is -2.29. The van der Waals surface area contributed by atoms with Crippen LogP contribution in [0.4, 0.5) is 28.8 Å². The van der Waals surface area contributed by atoms with Crippen LogP contribution >= 0.6 is 11.3 Å². The molecule has 0 saturated carbocycles. The fourth-order valence-corrected chi connectivity index (χ4v) is 5.23. The molecular weight excluding hydrogens is 474 g/mol. The van der Waals surface area contributed by atoms with Gasteiger partial charge in [0.2, 0.25) is 11.9 Å². The van der Waals surface area contributed by atoms with Crippen molar-refractivity contribution in [1.82, 2.24) is 15.0 Å². The second-order valence-electron chi connectivity index (χ2n) is 8.78. The van der Waals surface area contributed by atoms with Gasteiger partial charge >= 0.3 is 0 Å². The van der Waals surface area contributed by atoms with E-state index in [4.69, 9.17) is 9.72 Å². The summed E-state index contributed by atoms with van der Waals surface area (Å²) in [5.74, 6) is 1.80. The Morgan fingerprint density at radius 1 is 1.22 bits per heavy atom. The molecule has 186 valence electrons. The minimum atomic E-state index is -0.0689. The van der Waals surface area contributed by atoms with Gasteiger partial charge in [-0.25, -0.2) is 4.98 Å². The summed E-state index contributed by atoms with van der Waals surface area (Å²) < 4.78 is 5.68. The molecule has 0 atom stereocenters. The highest BCUT2D eigenvalue weighted by Crippen LogP contribution is 2.38. The minimum Gasteiger partial charge on any atom is -0.494 e. The second-order valence-corrected chi connectivity index (χ2v) is 9.78. The topological polar surface area (TPSA) is 95.5 Å². The molecule has 10 heteroatoms. The van der Waals surface area contributed by atoms with E-state index in [1.807, 2.05) is 61.5 Å². The summed E-state index contributed by atoms with van der Waals surface area (Å²) >= 11 is 1.81. The van der Waals surface area contributed by atoms with E-state index in [2.05, 4.69) is 36.9 Å². The van der Waals surface area contributed by atoms with Gasteiger partial charge in [0.05, 0.1) is 29.6 Å². The number of aromatic nitrogens is 3. The third kappa shape index (κ3) is 4.64. The van der Waals surface area contributed by atoms with Gasteiger partial charge in [-0.2, -0.15) is 9.97 Å². The molecule has 0 aliphatic carbocycles. The van der Waals surface area contributed by atoms with Crippen LogP contribution in [-0.4, -0.2) is 48.6 Å². The van der Waals surface area contributed by atoms with Crippen LogP contribution in [0.3, 0.4) is 0 Å². The lowest BCUT2D eigenvalue weighted by atomic mass is 10.1. The van der Waals surface area contributed by atoms with E-state index in [9.17, 15) is 4.79 Å². The fraction of sp³-hybridized carbons (Fsp3) is 0.308. The zero-order chi connectivity index (χ0) is 25.2. The van der Waals surface area contributed by atoms with Gasteiger partial charge in [-0.15, -0.1) is 11.3 Å². The molecule has 0 saturated heterocycles. The van der Waals surface area contributed by atoms with Crippen molar-refractivity contribution in [3.05, 3.63) is 52.3 Å². The van der Waals surface area contributed by atoms with Crippen molar-refractivity contribution in [1.29, 1.82) is 0 Å². The first-order chi connectivity index (χ1) is 17.5. The Morgan fingerprint density at radius 3 is 2.86 bits per heavy atom. The number of rotatable bonds is 7. The molecule has 2 N–H and O–H groups in total. The Morgan fingerprint density at radius 2 is 2.08 bits per heavy atom. The number of carbonyl (C=O) groups is 1. The highest BCUT2D eigenvalue weighted by molar-refractivity contribution is 7.10. The highest BCUT2D eigenvalue weighted by Gasteiger charge is 2.22. The molecule has 0 spiro atoms. The number of thiophene rings is 1. The Labute approximate surface area is 214 Å². The molecule has 1 aliphatic rings. The summed E-state index contributed by atoms with van der Waals surface area (Å²) in [6, 6.07) is 9.85. The van der Waals surface area contributed by atoms with Gasteiger partial charge in [0.15, 0.2) is 5.65 Å². The zero-order valence-corrected chi connectivity index (χ0v) is 21.6. The minimum absolute atomic E-state index is 0.0689. The van der Waals surface area contributed by atoms with Gasteiger partial charge in [-0.05, 0) is 41.6 Å². The largest absolute Gasteiger partial charge is 0.494 e. The summed E-state index contributed by atoms with van der Waals surface area (Å²) in [5, 5.41) is 9.37. The number of benzene rings is 1. The highest BCUT2D eigenvalue weighted by atomic mass is 32.1. The first kappa shape index (κ1) is 23.8. The molecule has 0 unspecified atom stereocenters. The third-order valence-corrected chi connectivity index (χ3v) is 7.22. The predicted octanol–water partition coefficient (Wildman–Crippen LogP) is 4.82. The summed E-state index contributed by atoms with van der Waals surface area (Å²) in [6.45, 7) is 3.50. The molecular formula is C26H29N7O2S. The van der Waals surface area contributed by atoms with Gasteiger partial charge in [0, 0.05) is 50.7 Å². The van der Waals surface area contributed by atoms with Gasteiger partial charge < -0.3 is 25.2 Å². The number of hydrogen-bond acceptors (Lipinski definition) is 9. The number of nitrogens with zero attached hydrogens (tertiary/aromatic N) is 5. The van der Waals surface area contributed by atoms with E-state index < -0.39 is 0 Å². The maximum Gasteiger partial charge on any atom is 0.231 e. The summed E-state index contributed by atoms with van der Waals surface area (Å²) in [7, 11) is 5.46. The van der Waals surface area contributed by atoms with Gasteiger partial charge in [0.1, 0.15) is 11.6 Å². The van der Waals surface area contributed by atoms with Crippen molar-refractivity contribution in [2.45, 2.75) is 26.3 Å². The quantitative estimate of drug-likeness (QED) is 0.371. The standard InChI is InChI=1S/C26H29N7O2S/c1-5-23(34)28-18-13-19(21(35-4)14-20(18)32(2)3)29-26-30-24-17(7-6-10-27-24)25(31-26)33-11-8-22-16(15-33)9-12-36-22/h6-7,9-10,12-14H,5,8,11,15H2,1-4H3,(H,28,34)(H,27,29,30,31). The zero-order valence-electron chi connectivity index (χ0n) is 20.8. The average molecular weight is 504 g/mol. The number of pyridine rings is 1. The van der Waals surface area contributed by atoms with E-state index in [1.54, 1.807) is 13.3 Å². The van der Waals surface area contributed by atoms with Crippen molar-refractivity contribution in [3.63, 3.8) is 0 Å². The first-order valence-corrected chi connectivity index (χ1v) is 12.7.